The fourth-order valence-electron chi connectivity index (χ4n) is 8.70. The predicted molar refractivity (Wildman–Crippen MR) is 214 cm³/mol. The van der Waals surface area contributed by atoms with Crippen molar-refractivity contribution < 1.29 is 33.7 Å². The number of aromatic hydroxyl groups is 1. The lowest BCUT2D eigenvalue weighted by Crippen LogP contribution is -2.52. The number of rotatable bonds is 9. The van der Waals surface area contributed by atoms with Crippen LogP contribution >= 0.6 is 0 Å². The van der Waals surface area contributed by atoms with E-state index in [0.29, 0.717) is 72.2 Å². The van der Waals surface area contributed by atoms with Crippen LogP contribution in [0.5, 0.6) is 17.2 Å². The molecule has 0 bridgehead atoms. The fourth-order valence-corrected chi connectivity index (χ4v) is 8.70. The molecule has 292 valence electrons. The Kier molecular flexibility index (Phi) is 9.89. The number of nitrogens with two attached hydrogens (primary N) is 1. The molecule has 0 saturated carbocycles. The topological polar surface area (TPSA) is 140 Å². The average Bonchev–Trinajstić information content (AvgIpc) is 3.87. The lowest BCUT2D eigenvalue weighted by molar-refractivity contribution is 0.0193. The van der Waals surface area contributed by atoms with Crippen molar-refractivity contribution in [1.82, 2.24) is 14.4 Å². The second-order valence-corrected chi connectivity index (χ2v) is 15.2. The Morgan fingerprint density at radius 2 is 1.60 bits per heavy atom. The Bertz CT molecular complexity index is 2350. The van der Waals surface area contributed by atoms with Crippen LogP contribution in [0, 0.1) is 0 Å². The van der Waals surface area contributed by atoms with E-state index in [2.05, 4.69) is 27.7 Å². The van der Waals surface area contributed by atoms with Crippen LogP contribution in [0.2, 0.25) is 0 Å². The Balaban J connectivity index is 1.13. The van der Waals surface area contributed by atoms with Crippen molar-refractivity contribution >= 4 is 23.4 Å². The van der Waals surface area contributed by atoms with Gasteiger partial charge in [-0.25, -0.2) is 0 Å². The third-order valence-corrected chi connectivity index (χ3v) is 11.7. The minimum Gasteiger partial charge on any atom is -0.508 e. The molecular formula is C45H45N5O7. The van der Waals surface area contributed by atoms with Gasteiger partial charge in [0, 0.05) is 67.0 Å². The molecule has 0 aliphatic carbocycles. The van der Waals surface area contributed by atoms with Gasteiger partial charge in [-0.05, 0) is 97.0 Å². The van der Waals surface area contributed by atoms with Crippen LogP contribution in [-0.2, 0) is 37.2 Å². The number of nitrogens with zero attached hydrogens (tertiary/aromatic N) is 4. The maximum Gasteiger partial charge on any atom is 0.260 e. The number of aromatic nitrogens is 1. The number of anilines is 1. The van der Waals surface area contributed by atoms with Crippen LogP contribution in [0.1, 0.15) is 66.3 Å². The van der Waals surface area contributed by atoms with Crippen LogP contribution < -0.4 is 20.1 Å². The summed E-state index contributed by atoms with van der Waals surface area (Å²) in [4.78, 5) is 48.3. The summed E-state index contributed by atoms with van der Waals surface area (Å²) in [6.07, 6.45) is 3.25. The molecular weight excluding hydrogens is 723 g/mol. The van der Waals surface area contributed by atoms with Gasteiger partial charge in [0.25, 0.3) is 11.8 Å². The molecule has 1 atom stereocenters. The summed E-state index contributed by atoms with van der Waals surface area (Å²) in [6.45, 7) is 5.08. The molecule has 12 nitrogen and oxygen atoms in total. The van der Waals surface area contributed by atoms with E-state index in [1.54, 1.807) is 47.4 Å². The Labute approximate surface area is 330 Å². The van der Waals surface area contributed by atoms with Gasteiger partial charge < -0.3 is 39.4 Å². The number of benzene rings is 4. The van der Waals surface area contributed by atoms with E-state index < -0.39 is 5.91 Å². The molecule has 1 saturated heterocycles. The minimum atomic E-state index is -0.555. The number of primary amides is 1. The van der Waals surface area contributed by atoms with Gasteiger partial charge in [-0.3, -0.25) is 19.3 Å². The minimum absolute atomic E-state index is 0.0533. The monoisotopic (exact) mass is 767 g/mol. The lowest BCUT2D eigenvalue weighted by Gasteiger charge is -2.40. The van der Waals surface area contributed by atoms with Gasteiger partial charge in [-0.1, -0.05) is 36.4 Å². The molecule has 9 rings (SSSR count). The molecule has 1 aromatic heterocycles. The normalized spacial score (nSPS) is 17.5. The maximum absolute atomic E-state index is 15.2. The van der Waals surface area contributed by atoms with Gasteiger partial charge in [-0.2, -0.15) is 0 Å². The van der Waals surface area contributed by atoms with E-state index in [9.17, 15) is 14.7 Å². The van der Waals surface area contributed by atoms with E-state index in [1.165, 1.54) is 5.56 Å². The highest BCUT2D eigenvalue weighted by molar-refractivity contribution is 6.09. The van der Waals surface area contributed by atoms with Crippen LogP contribution in [0.3, 0.4) is 0 Å². The summed E-state index contributed by atoms with van der Waals surface area (Å²) in [5, 5.41) is 10.1. The van der Waals surface area contributed by atoms with E-state index in [1.807, 2.05) is 35.2 Å². The molecule has 4 aliphatic rings. The van der Waals surface area contributed by atoms with Crippen molar-refractivity contribution in [3.05, 3.63) is 130 Å². The molecule has 0 radical (unpaired) electrons. The average molecular weight is 768 g/mol. The number of carbonyl (C=O) groups is 3. The van der Waals surface area contributed by atoms with Crippen LogP contribution in [0.15, 0.2) is 91.0 Å². The molecule has 1 fully saturated rings. The molecule has 12 heteroatoms. The Morgan fingerprint density at radius 3 is 2.39 bits per heavy atom. The fraction of sp³-hybridized carbons (Fsp3) is 0.311. The number of carbonyl (C=O) groups excluding carboxylic acids is 3. The van der Waals surface area contributed by atoms with E-state index >= 15 is 4.79 Å². The largest absolute Gasteiger partial charge is 0.508 e. The van der Waals surface area contributed by atoms with Crippen LogP contribution in [0.4, 0.5) is 5.69 Å². The van der Waals surface area contributed by atoms with Crippen molar-refractivity contribution in [3.8, 4) is 28.5 Å². The molecule has 57 heavy (non-hydrogen) atoms. The summed E-state index contributed by atoms with van der Waals surface area (Å²) in [6, 6.07) is 27.4. The summed E-state index contributed by atoms with van der Waals surface area (Å²) in [7, 11) is 0. The van der Waals surface area contributed by atoms with Crippen molar-refractivity contribution in [1.29, 1.82) is 0 Å². The maximum atomic E-state index is 15.2. The highest BCUT2D eigenvalue weighted by Crippen LogP contribution is 2.42. The predicted octanol–water partition coefficient (Wildman–Crippen LogP) is 5.77. The van der Waals surface area contributed by atoms with Crippen molar-refractivity contribution in [2.45, 2.75) is 51.4 Å². The van der Waals surface area contributed by atoms with Gasteiger partial charge >= 0.3 is 0 Å². The van der Waals surface area contributed by atoms with E-state index in [-0.39, 0.29) is 36.9 Å². The second-order valence-electron chi connectivity index (χ2n) is 15.2. The molecule has 3 N–H and O–H groups in total. The number of fused-ring (bicyclic) bond motifs is 3. The first kappa shape index (κ1) is 36.5. The number of hydrogen-bond acceptors (Lipinski definition) is 8. The third kappa shape index (κ3) is 7.22. The summed E-state index contributed by atoms with van der Waals surface area (Å²) < 4.78 is 19.6. The number of phenols is 1. The smallest absolute Gasteiger partial charge is 0.260 e. The number of morpholine rings is 1. The molecule has 4 aromatic carbocycles. The molecule has 3 amide bonds. The molecule has 5 aromatic rings. The zero-order valence-electron chi connectivity index (χ0n) is 31.7. The summed E-state index contributed by atoms with van der Waals surface area (Å²) in [5.74, 6) is 0.247. The zero-order valence-corrected chi connectivity index (χ0v) is 31.7. The van der Waals surface area contributed by atoms with Gasteiger partial charge in [-0.15, -0.1) is 0 Å². The van der Waals surface area contributed by atoms with Gasteiger partial charge in [0.2, 0.25) is 12.7 Å². The van der Waals surface area contributed by atoms with Crippen LogP contribution in [-0.4, -0.2) is 82.9 Å². The van der Waals surface area contributed by atoms with E-state index in [4.69, 9.17) is 19.9 Å². The number of hydrogen-bond donors (Lipinski definition) is 2. The number of phenolic OH excluding ortho intramolecular Hbond substituents is 1. The van der Waals surface area contributed by atoms with Crippen LogP contribution in [0.25, 0.3) is 11.3 Å². The first-order valence-electron chi connectivity index (χ1n) is 19.6. The number of amides is 3. The summed E-state index contributed by atoms with van der Waals surface area (Å²) in [5.41, 5.74) is 13.0. The Morgan fingerprint density at radius 1 is 0.825 bits per heavy atom. The second kappa shape index (κ2) is 15.4. The molecule has 4 aliphatic heterocycles. The highest BCUT2D eigenvalue weighted by Gasteiger charge is 2.36. The first-order chi connectivity index (χ1) is 27.8. The lowest BCUT2D eigenvalue weighted by atomic mass is 9.92. The van der Waals surface area contributed by atoms with Crippen molar-refractivity contribution in [3.63, 3.8) is 0 Å². The summed E-state index contributed by atoms with van der Waals surface area (Å²) >= 11 is 0. The quantitative estimate of drug-likeness (QED) is 0.193. The van der Waals surface area contributed by atoms with Gasteiger partial charge in [0.15, 0.2) is 11.5 Å². The zero-order chi connectivity index (χ0) is 39.0. The third-order valence-electron chi connectivity index (χ3n) is 11.7. The molecule has 0 spiro atoms. The Hall–Kier alpha value is -6.11. The first-order valence-corrected chi connectivity index (χ1v) is 19.6. The SMILES string of the molecule is NC(=O)c1cccc(CN(C(=O)c2cc(-c3cc4c(cc3C(=O)N3Cc5ccccc5CC3CN3CCOCC3)OCO4)n3c2CCCC3)c2ccc(O)cc2)c1. The van der Waals surface area contributed by atoms with E-state index in [0.717, 1.165) is 61.4 Å². The van der Waals surface area contributed by atoms with Crippen molar-refractivity contribution in [2.75, 3.05) is 44.5 Å². The van der Waals surface area contributed by atoms with Crippen molar-refractivity contribution in [2.24, 2.45) is 5.73 Å². The molecule has 1 unspecified atom stereocenters. The standard InChI is InChI=1S/C45H45N5O7/c46-43(52)31-9-5-6-29(20-31)25-49(33-11-13-35(51)14-12-33)45(54)38-22-40(48-15-4-3-10-39(38)48)36-23-41-42(57-28-56-41)24-37(36)44(53)50-26-32-8-2-1-7-30(32)21-34(50)27-47-16-18-55-19-17-47/h1-2,5-9,11-14,20,22-24,34,51H,3-4,10,15-19,21,25-28H2,(H2,46,52). The number of ether oxygens (including phenoxy) is 3. The highest BCUT2D eigenvalue weighted by atomic mass is 16.7. The van der Waals surface area contributed by atoms with Gasteiger partial charge in [0.05, 0.1) is 30.9 Å². The molecule has 5 heterocycles. The van der Waals surface area contributed by atoms with Gasteiger partial charge in [0.1, 0.15) is 5.75 Å².